The maximum atomic E-state index is 12.7. The van der Waals surface area contributed by atoms with Crippen LogP contribution in [0, 0.1) is 0 Å². The monoisotopic (exact) mass is 427 g/mol. The molecule has 2 aliphatic rings. The minimum Gasteiger partial charge on any atom is -0.485 e. The second-order valence-corrected chi connectivity index (χ2v) is 8.28. The first-order valence-electron chi connectivity index (χ1n) is 9.33. The average Bonchev–Trinajstić information content (AvgIpc) is 3.34. The van der Waals surface area contributed by atoms with E-state index in [1.165, 1.54) is 0 Å². The molecule has 3 aromatic rings. The molecule has 0 aliphatic carbocycles. The summed E-state index contributed by atoms with van der Waals surface area (Å²) in [5, 5.41) is 4.65. The number of fused-ring (bicyclic) bond motifs is 2. The van der Waals surface area contributed by atoms with Crippen LogP contribution in [0.15, 0.2) is 53.7 Å². The molecule has 0 saturated heterocycles. The van der Waals surface area contributed by atoms with E-state index in [0.29, 0.717) is 23.1 Å². The number of ether oxygens (including phenoxy) is 2. The molecule has 3 heterocycles. The summed E-state index contributed by atoms with van der Waals surface area (Å²) in [6.45, 7) is 1.43. The van der Waals surface area contributed by atoms with Crippen molar-refractivity contribution in [1.82, 2.24) is 14.9 Å². The van der Waals surface area contributed by atoms with Crippen molar-refractivity contribution in [2.24, 2.45) is 0 Å². The van der Waals surface area contributed by atoms with Gasteiger partial charge in [-0.15, -0.1) is 0 Å². The number of imidazole rings is 1. The van der Waals surface area contributed by atoms with Crippen LogP contribution in [-0.4, -0.2) is 33.9 Å². The lowest BCUT2D eigenvalue weighted by Gasteiger charge is -2.25. The summed E-state index contributed by atoms with van der Waals surface area (Å²) >= 11 is 7.75. The minimum atomic E-state index is -0.681. The standard InChI is InChI=1S/C21H18ClN3O3S/c22-14-7-5-13(6-8-14)19-15(25-9-10-29-21(25)24-19)11-23-20(26)18-12-27-16-3-1-2-4-17(16)28-18/h1-8,18H,9-12H2,(H,23,26). The van der Waals surface area contributed by atoms with Gasteiger partial charge >= 0.3 is 0 Å². The Bertz CT molecular complexity index is 1070. The van der Waals surface area contributed by atoms with Gasteiger partial charge < -0.3 is 19.4 Å². The van der Waals surface area contributed by atoms with Gasteiger partial charge in [-0.2, -0.15) is 0 Å². The smallest absolute Gasteiger partial charge is 0.265 e. The summed E-state index contributed by atoms with van der Waals surface area (Å²) in [6, 6.07) is 15.0. The maximum Gasteiger partial charge on any atom is 0.265 e. The van der Waals surface area contributed by atoms with Gasteiger partial charge in [0.2, 0.25) is 6.10 Å². The van der Waals surface area contributed by atoms with E-state index in [2.05, 4.69) is 9.88 Å². The fraction of sp³-hybridized carbons (Fsp3) is 0.238. The first-order valence-corrected chi connectivity index (χ1v) is 10.7. The van der Waals surface area contributed by atoms with Gasteiger partial charge in [0.05, 0.1) is 17.9 Å². The van der Waals surface area contributed by atoms with Gasteiger partial charge in [0, 0.05) is 22.9 Å². The van der Waals surface area contributed by atoms with Gasteiger partial charge in [0.15, 0.2) is 16.7 Å². The van der Waals surface area contributed by atoms with E-state index >= 15 is 0 Å². The van der Waals surface area contributed by atoms with Gasteiger partial charge in [-0.1, -0.05) is 47.6 Å². The van der Waals surface area contributed by atoms with Crippen molar-refractivity contribution in [2.45, 2.75) is 24.3 Å². The van der Waals surface area contributed by atoms with Crippen LogP contribution in [-0.2, 0) is 17.9 Å². The SMILES string of the molecule is O=C(NCc1c(-c2ccc(Cl)cc2)nc2n1CCS2)C1COc2ccccc2O1. The van der Waals surface area contributed by atoms with Gasteiger partial charge in [-0.05, 0) is 24.3 Å². The van der Waals surface area contributed by atoms with Crippen LogP contribution in [0.1, 0.15) is 5.69 Å². The predicted octanol–water partition coefficient (Wildman–Crippen LogP) is 3.77. The van der Waals surface area contributed by atoms with Crippen LogP contribution < -0.4 is 14.8 Å². The number of amides is 1. The molecule has 1 N–H and O–H groups in total. The van der Waals surface area contributed by atoms with Crippen LogP contribution in [0.4, 0.5) is 0 Å². The normalized spacial score (nSPS) is 17.1. The molecule has 5 rings (SSSR count). The molecule has 1 atom stereocenters. The highest BCUT2D eigenvalue weighted by molar-refractivity contribution is 7.99. The molecule has 0 saturated carbocycles. The third kappa shape index (κ3) is 3.56. The number of hydrogen-bond donors (Lipinski definition) is 1. The summed E-state index contributed by atoms with van der Waals surface area (Å²) in [6.07, 6.45) is -0.681. The number of rotatable bonds is 4. The number of halogens is 1. The number of thioether (sulfide) groups is 1. The Morgan fingerprint density at radius 3 is 2.83 bits per heavy atom. The Morgan fingerprint density at radius 1 is 1.21 bits per heavy atom. The fourth-order valence-electron chi connectivity index (χ4n) is 3.48. The highest BCUT2D eigenvalue weighted by Crippen LogP contribution is 2.34. The summed E-state index contributed by atoms with van der Waals surface area (Å²) < 4.78 is 13.6. The van der Waals surface area contributed by atoms with Gasteiger partial charge in [-0.25, -0.2) is 4.98 Å². The summed E-state index contributed by atoms with van der Waals surface area (Å²) in [5.74, 6) is 2.03. The highest BCUT2D eigenvalue weighted by Gasteiger charge is 2.28. The number of carbonyl (C=O) groups excluding carboxylic acids is 1. The molecule has 6 nitrogen and oxygen atoms in total. The van der Waals surface area contributed by atoms with Crippen molar-refractivity contribution in [3.63, 3.8) is 0 Å². The number of para-hydroxylation sites is 2. The lowest BCUT2D eigenvalue weighted by Crippen LogP contribution is -2.43. The molecule has 0 spiro atoms. The number of aromatic nitrogens is 2. The molecule has 1 aromatic heterocycles. The van der Waals surface area contributed by atoms with E-state index in [1.807, 2.05) is 42.5 Å². The van der Waals surface area contributed by atoms with Crippen molar-refractivity contribution >= 4 is 29.3 Å². The largest absolute Gasteiger partial charge is 0.485 e. The van der Waals surface area contributed by atoms with Gasteiger partial charge in [0.1, 0.15) is 6.61 Å². The summed E-state index contributed by atoms with van der Waals surface area (Å²) in [5.41, 5.74) is 2.83. The topological polar surface area (TPSA) is 65.4 Å². The zero-order valence-electron chi connectivity index (χ0n) is 15.4. The van der Waals surface area contributed by atoms with Gasteiger partial charge in [-0.3, -0.25) is 4.79 Å². The average molecular weight is 428 g/mol. The van der Waals surface area contributed by atoms with E-state index in [4.69, 9.17) is 26.1 Å². The molecule has 29 heavy (non-hydrogen) atoms. The predicted molar refractivity (Wildman–Crippen MR) is 112 cm³/mol. The van der Waals surface area contributed by atoms with E-state index in [9.17, 15) is 4.79 Å². The summed E-state index contributed by atoms with van der Waals surface area (Å²) in [7, 11) is 0. The molecule has 148 valence electrons. The number of carbonyl (C=O) groups is 1. The zero-order chi connectivity index (χ0) is 19.8. The molecule has 2 aromatic carbocycles. The molecule has 1 amide bonds. The van der Waals surface area contributed by atoms with Crippen LogP contribution in [0.3, 0.4) is 0 Å². The molecule has 1 unspecified atom stereocenters. The van der Waals surface area contributed by atoms with Crippen molar-refractivity contribution in [1.29, 1.82) is 0 Å². The first kappa shape index (κ1) is 18.4. The Balaban J connectivity index is 1.34. The number of nitrogens with zero attached hydrogens (tertiary/aromatic N) is 2. The molecule has 2 aliphatic heterocycles. The second-order valence-electron chi connectivity index (χ2n) is 6.78. The third-order valence-electron chi connectivity index (χ3n) is 4.93. The Morgan fingerprint density at radius 2 is 2.00 bits per heavy atom. The van der Waals surface area contributed by atoms with Crippen molar-refractivity contribution in [3.8, 4) is 22.8 Å². The maximum absolute atomic E-state index is 12.7. The number of benzene rings is 2. The highest BCUT2D eigenvalue weighted by atomic mass is 35.5. The minimum absolute atomic E-state index is 0.188. The lowest BCUT2D eigenvalue weighted by molar-refractivity contribution is -0.130. The molecular weight excluding hydrogens is 410 g/mol. The molecule has 0 fully saturated rings. The lowest BCUT2D eigenvalue weighted by atomic mass is 10.1. The molecule has 8 heteroatoms. The first-order chi connectivity index (χ1) is 14.2. The molecule has 0 radical (unpaired) electrons. The van der Waals surface area contributed by atoms with Crippen LogP contribution in [0.2, 0.25) is 5.02 Å². The van der Waals surface area contributed by atoms with E-state index in [0.717, 1.165) is 34.4 Å². The van der Waals surface area contributed by atoms with E-state index in [1.54, 1.807) is 17.8 Å². The quantitative estimate of drug-likeness (QED) is 0.686. The van der Waals surface area contributed by atoms with Crippen LogP contribution >= 0.6 is 23.4 Å². The van der Waals surface area contributed by atoms with Crippen LogP contribution in [0.5, 0.6) is 11.5 Å². The fourth-order valence-corrected chi connectivity index (χ4v) is 4.58. The Kier molecular flexibility index (Phi) is 4.85. The Labute approximate surface area is 177 Å². The van der Waals surface area contributed by atoms with Crippen LogP contribution in [0.25, 0.3) is 11.3 Å². The van der Waals surface area contributed by atoms with E-state index in [-0.39, 0.29) is 12.5 Å². The molecule has 0 bridgehead atoms. The molecular formula is C21H18ClN3O3S. The number of hydrogen-bond acceptors (Lipinski definition) is 5. The Hall–Kier alpha value is -2.64. The van der Waals surface area contributed by atoms with Gasteiger partial charge in [0.25, 0.3) is 5.91 Å². The number of nitrogens with one attached hydrogen (secondary N) is 1. The second kappa shape index (κ2) is 7.65. The van der Waals surface area contributed by atoms with Crippen molar-refractivity contribution < 1.29 is 14.3 Å². The van der Waals surface area contributed by atoms with Crippen molar-refractivity contribution in [2.75, 3.05) is 12.4 Å². The van der Waals surface area contributed by atoms with Crippen molar-refractivity contribution in [3.05, 3.63) is 59.2 Å². The summed E-state index contributed by atoms with van der Waals surface area (Å²) in [4.78, 5) is 17.5. The van der Waals surface area contributed by atoms with E-state index < -0.39 is 6.10 Å². The zero-order valence-corrected chi connectivity index (χ0v) is 17.0. The third-order valence-corrected chi connectivity index (χ3v) is 6.14.